The molecule has 1 rings (SSSR count). The summed E-state index contributed by atoms with van der Waals surface area (Å²) in [4.78, 5) is 11.0. The van der Waals surface area contributed by atoms with E-state index in [1.54, 1.807) is 0 Å². The molecule has 3 nitrogen and oxygen atoms in total. The minimum atomic E-state index is -0.679. The lowest BCUT2D eigenvalue weighted by Crippen LogP contribution is -2.47. The SMILES string of the molecule is CCSCCC1(C(=O)O)CCCN1. The number of thioether (sulfide) groups is 1. The normalized spacial score (nSPS) is 27.8. The molecule has 0 spiro atoms. The van der Waals surface area contributed by atoms with E-state index in [1.165, 1.54) is 0 Å². The molecule has 0 aromatic carbocycles. The second kappa shape index (κ2) is 4.86. The molecule has 0 bridgehead atoms. The number of nitrogens with one attached hydrogen (secondary N) is 1. The van der Waals surface area contributed by atoms with E-state index in [-0.39, 0.29) is 0 Å². The van der Waals surface area contributed by atoms with Gasteiger partial charge in [0.1, 0.15) is 5.54 Å². The van der Waals surface area contributed by atoms with Crippen molar-refractivity contribution in [2.75, 3.05) is 18.1 Å². The molecule has 0 saturated carbocycles. The van der Waals surface area contributed by atoms with Crippen LogP contribution >= 0.6 is 11.8 Å². The Hall–Kier alpha value is -0.220. The van der Waals surface area contributed by atoms with Gasteiger partial charge < -0.3 is 10.4 Å². The van der Waals surface area contributed by atoms with Gasteiger partial charge in [-0.1, -0.05) is 6.92 Å². The number of hydrogen-bond acceptors (Lipinski definition) is 3. The number of hydrogen-bond donors (Lipinski definition) is 2. The average molecular weight is 203 g/mol. The number of carboxylic acid groups (broad SMARTS) is 1. The van der Waals surface area contributed by atoms with Gasteiger partial charge in [0.05, 0.1) is 0 Å². The first-order valence-electron chi connectivity index (χ1n) is 4.77. The molecule has 1 atom stereocenters. The lowest BCUT2D eigenvalue weighted by molar-refractivity contribution is -0.144. The average Bonchev–Trinajstić information content (AvgIpc) is 2.55. The van der Waals surface area contributed by atoms with Crippen molar-refractivity contribution in [2.24, 2.45) is 0 Å². The van der Waals surface area contributed by atoms with E-state index in [0.29, 0.717) is 0 Å². The van der Waals surface area contributed by atoms with Gasteiger partial charge in [-0.2, -0.15) is 11.8 Å². The highest BCUT2D eigenvalue weighted by Gasteiger charge is 2.40. The van der Waals surface area contributed by atoms with Crippen molar-refractivity contribution >= 4 is 17.7 Å². The summed E-state index contributed by atoms with van der Waals surface area (Å²) in [5, 5.41) is 12.2. The second-order valence-corrected chi connectivity index (χ2v) is 4.76. The summed E-state index contributed by atoms with van der Waals surface area (Å²) in [5.41, 5.74) is -0.609. The second-order valence-electron chi connectivity index (χ2n) is 3.36. The lowest BCUT2D eigenvalue weighted by atomic mass is 9.95. The number of carbonyl (C=O) groups is 1. The van der Waals surface area contributed by atoms with Gasteiger partial charge in [0.15, 0.2) is 0 Å². The molecule has 1 aliphatic rings. The molecule has 0 radical (unpaired) electrons. The van der Waals surface area contributed by atoms with E-state index in [1.807, 2.05) is 11.8 Å². The minimum Gasteiger partial charge on any atom is -0.480 e. The van der Waals surface area contributed by atoms with Crippen LogP contribution in [0, 0.1) is 0 Å². The standard InChI is InChI=1S/C9H17NO2S/c1-2-13-7-5-9(8(11)12)4-3-6-10-9/h10H,2-7H2,1H3,(H,11,12). The van der Waals surface area contributed by atoms with Crippen molar-refractivity contribution in [3.05, 3.63) is 0 Å². The molecule has 76 valence electrons. The van der Waals surface area contributed by atoms with Gasteiger partial charge >= 0.3 is 5.97 Å². The Morgan fingerprint density at radius 1 is 1.69 bits per heavy atom. The van der Waals surface area contributed by atoms with Gasteiger partial charge in [-0.3, -0.25) is 4.79 Å². The van der Waals surface area contributed by atoms with Crippen molar-refractivity contribution in [3.63, 3.8) is 0 Å². The summed E-state index contributed by atoms with van der Waals surface area (Å²) in [6, 6.07) is 0. The maximum atomic E-state index is 11.0. The lowest BCUT2D eigenvalue weighted by Gasteiger charge is -2.23. The topological polar surface area (TPSA) is 49.3 Å². The van der Waals surface area contributed by atoms with Crippen LogP contribution in [-0.2, 0) is 4.79 Å². The maximum absolute atomic E-state index is 11.0. The molecular formula is C9H17NO2S. The number of aliphatic carboxylic acids is 1. The monoisotopic (exact) mass is 203 g/mol. The third kappa shape index (κ3) is 2.61. The van der Waals surface area contributed by atoms with Gasteiger partial charge in [0, 0.05) is 0 Å². The zero-order valence-corrected chi connectivity index (χ0v) is 8.82. The van der Waals surface area contributed by atoms with Gasteiger partial charge in [0.2, 0.25) is 0 Å². The Balaban J connectivity index is 2.43. The van der Waals surface area contributed by atoms with E-state index in [9.17, 15) is 4.79 Å². The molecule has 1 heterocycles. The molecule has 1 saturated heterocycles. The van der Waals surface area contributed by atoms with Gasteiger partial charge in [-0.15, -0.1) is 0 Å². The van der Waals surface area contributed by atoms with Crippen LogP contribution in [0.2, 0.25) is 0 Å². The quantitative estimate of drug-likeness (QED) is 0.662. The molecule has 0 aromatic rings. The van der Waals surface area contributed by atoms with Crippen molar-refractivity contribution in [3.8, 4) is 0 Å². The van der Waals surface area contributed by atoms with Crippen molar-refractivity contribution < 1.29 is 9.90 Å². The summed E-state index contributed by atoms with van der Waals surface area (Å²) in [5.74, 6) is 1.33. The Bertz CT molecular complexity index is 178. The van der Waals surface area contributed by atoms with E-state index >= 15 is 0 Å². The van der Waals surface area contributed by atoms with Crippen LogP contribution in [0.1, 0.15) is 26.2 Å². The Kier molecular flexibility index (Phi) is 4.06. The Labute approximate surface area is 83.3 Å². The Morgan fingerprint density at radius 2 is 2.46 bits per heavy atom. The van der Waals surface area contributed by atoms with Gasteiger partial charge in [0.25, 0.3) is 0 Å². The minimum absolute atomic E-state index is 0.609. The third-order valence-electron chi connectivity index (χ3n) is 2.53. The predicted molar refractivity (Wildman–Crippen MR) is 55.2 cm³/mol. The van der Waals surface area contributed by atoms with Crippen LogP contribution in [0.15, 0.2) is 0 Å². The van der Waals surface area contributed by atoms with Crippen LogP contribution in [0.25, 0.3) is 0 Å². The first-order valence-corrected chi connectivity index (χ1v) is 5.93. The zero-order valence-electron chi connectivity index (χ0n) is 8.01. The summed E-state index contributed by atoms with van der Waals surface area (Å²) in [6.45, 7) is 2.95. The highest BCUT2D eigenvalue weighted by atomic mass is 32.2. The fourth-order valence-electron chi connectivity index (χ4n) is 1.70. The van der Waals surface area contributed by atoms with Crippen molar-refractivity contribution in [1.29, 1.82) is 0 Å². The van der Waals surface area contributed by atoms with Gasteiger partial charge in [-0.05, 0) is 37.3 Å². The molecular weight excluding hydrogens is 186 g/mol. The van der Waals surface area contributed by atoms with Crippen LogP contribution in [0.3, 0.4) is 0 Å². The molecule has 1 aliphatic heterocycles. The van der Waals surface area contributed by atoms with Crippen molar-refractivity contribution in [2.45, 2.75) is 31.7 Å². The summed E-state index contributed by atoms with van der Waals surface area (Å²) < 4.78 is 0. The fraction of sp³-hybridized carbons (Fsp3) is 0.889. The first kappa shape index (κ1) is 10.9. The van der Waals surface area contributed by atoms with Crippen LogP contribution in [0.4, 0.5) is 0 Å². The smallest absolute Gasteiger partial charge is 0.323 e. The van der Waals surface area contributed by atoms with E-state index in [0.717, 1.165) is 37.3 Å². The molecule has 0 amide bonds. The zero-order chi connectivity index (χ0) is 9.73. The van der Waals surface area contributed by atoms with Crippen LogP contribution in [-0.4, -0.2) is 34.7 Å². The van der Waals surface area contributed by atoms with E-state index < -0.39 is 11.5 Å². The summed E-state index contributed by atoms with van der Waals surface area (Å²) in [6.07, 6.45) is 2.52. The molecule has 1 unspecified atom stereocenters. The molecule has 13 heavy (non-hydrogen) atoms. The number of carboxylic acids is 1. The highest BCUT2D eigenvalue weighted by molar-refractivity contribution is 7.99. The highest BCUT2D eigenvalue weighted by Crippen LogP contribution is 2.25. The van der Waals surface area contributed by atoms with E-state index in [2.05, 4.69) is 12.2 Å². The molecule has 0 aromatic heterocycles. The molecule has 4 heteroatoms. The van der Waals surface area contributed by atoms with Crippen LogP contribution in [0.5, 0.6) is 0 Å². The Morgan fingerprint density at radius 3 is 2.92 bits per heavy atom. The molecule has 2 N–H and O–H groups in total. The fourth-order valence-corrected chi connectivity index (χ4v) is 2.48. The largest absolute Gasteiger partial charge is 0.480 e. The van der Waals surface area contributed by atoms with Crippen LogP contribution < -0.4 is 5.32 Å². The summed E-state index contributed by atoms with van der Waals surface area (Å²) >= 11 is 1.81. The molecule has 1 fully saturated rings. The molecule has 0 aliphatic carbocycles. The summed E-state index contributed by atoms with van der Waals surface area (Å²) in [7, 11) is 0. The maximum Gasteiger partial charge on any atom is 0.323 e. The van der Waals surface area contributed by atoms with Crippen molar-refractivity contribution in [1.82, 2.24) is 5.32 Å². The third-order valence-corrected chi connectivity index (χ3v) is 3.43. The first-order chi connectivity index (χ1) is 6.21. The number of rotatable bonds is 5. The van der Waals surface area contributed by atoms with E-state index in [4.69, 9.17) is 5.11 Å². The predicted octanol–water partition coefficient (Wildman–Crippen LogP) is 1.34. The van der Waals surface area contributed by atoms with Gasteiger partial charge in [-0.25, -0.2) is 0 Å².